The Morgan fingerprint density at radius 2 is 2.12 bits per heavy atom. The number of thiazole rings is 1. The number of halogens is 2. The minimum absolute atomic E-state index is 0.119. The number of benzene rings is 1. The molecule has 128 valence electrons. The summed E-state index contributed by atoms with van der Waals surface area (Å²) in [7, 11) is 0. The molecule has 5 nitrogen and oxygen atoms in total. The van der Waals surface area contributed by atoms with Gasteiger partial charge in [0.25, 0.3) is 0 Å². The zero-order chi connectivity index (χ0) is 16.9. The van der Waals surface area contributed by atoms with E-state index in [1.54, 1.807) is 18.3 Å². The molecule has 8 heteroatoms. The van der Waals surface area contributed by atoms with Crippen molar-refractivity contribution in [3.8, 4) is 0 Å². The number of urea groups is 1. The molecule has 1 aliphatic rings. The van der Waals surface area contributed by atoms with Crippen LogP contribution in [-0.2, 0) is 11.3 Å². The maximum Gasteiger partial charge on any atom is 0.324 e. The first-order chi connectivity index (χ1) is 11.6. The van der Waals surface area contributed by atoms with E-state index in [0.717, 1.165) is 18.4 Å². The van der Waals surface area contributed by atoms with Gasteiger partial charge in [0.15, 0.2) is 5.13 Å². The van der Waals surface area contributed by atoms with Gasteiger partial charge in [0.1, 0.15) is 0 Å². The van der Waals surface area contributed by atoms with E-state index >= 15 is 0 Å². The van der Waals surface area contributed by atoms with Crippen LogP contribution in [0.15, 0.2) is 29.8 Å². The van der Waals surface area contributed by atoms with Gasteiger partial charge in [-0.25, -0.2) is 9.78 Å². The van der Waals surface area contributed by atoms with Gasteiger partial charge in [-0.2, -0.15) is 0 Å². The summed E-state index contributed by atoms with van der Waals surface area (Å²) in [5, 5.41) is 6.27. The van der Waals surface area contributed by atoms with Crippen LogP contribution in [0.25, 0.3) is 0 Å². The molecule has 1 aromatic carbocycles. The molecule has 0 aliphatic carbocycles. The fourth-order valence-electron chi connectivity index (χ4n) is 2.65. The van der Waals surface area contributed by atoms with E-state index in [1.807, 2.05) is 16.3 Å². The third-order valence-corrected chi connectivity index (χ3v) is 5.30. The number of nitrogens with one attached hydrogen (secondary N) is 1. The Balaban J connectivity index is 1.77. The van der Waals surface area contributed by atoms with E-state index in [0.29, 0.717) is 34.9 Å². The highest BCUT2D eigenvalue weighted by Gasteiger charge is 2.26. The smallest absolute Gasteiger partial charge is 0.324 e. The molecule has 2 amide bonds. The minimum atomic E-state index is -0.164. The summed E-state index contributed by atoms with van der Waals surface area (Å²) < 4.78 is 5.41. The van der Waals surface area contributed by atoms with E-state index in [-0.39, 0.29) is 12.1 Å². The van der Waals surface area contributed by atoms with E-state index in [9.17, 15) is 4.79 Å². The van der Waals surface area contributed by atoms with Crippen LogP contribution in [0.1, 0.15) is 18.4 Å². The molecule has 3 rings (SSSR count). The van der Waals surface area contributed by atoms with Gasteiger partial charge in [0.05, 0.1) is 10.0 Å². The van der Waals surface area contributed by atoms with Gasteiger partial charge in [0.2, 0.25) is 0 Å². The van der Waals surface area contributed by atoms with E-state index < -0.39 is 0 Å². The fraction of sp³-hybridized carbons (Fsp3) is 0.375. The normalized spacial score (nSPS) is 15.2. The van der Waals surface area contributed by atoms with Crippen LogP contribution >= 0.6 is 34.5 Å². The van der Waals surface area contributed by atoms with Gasteiger partial charge in [-0.3, -0.25) is 5.32 Å². The zero-order valence-corrected chi connectivity index (χ0v) is 15.2. The van der Waals surface area contributed by atoms with Crippen molar-refractivity contribution in [2.24, 2.45) is 0 Å². The third kappa shape index (κ3) is 4.39. The summed E-state index contributed by atoms with van der Waals surface area (Å²) in [4.78, 5) is 18.7. The van der Waals surface area contributed by atoms with E-state index in [2.05, 4.69) is 10.3 Å². The van der Waals surface area contributed by atoms with Crippen LogP contribution in [0.4, 0.5) is 9.93 Å². The van der Waals surface area contributed by atoms with Crippen molar-refractivity contribution in [3.63, 3.8) is 0 Å². The Bertz CT molecular complexity index is 691. The van der Waals surface area contributed by atoms with Gasteiger partial charge < -0.3 is 9.64 Å². The van der Waals surface area contributed by atoms with Crippen LogP contribution in [-0.4, -0.2) is 35.2 Å². The van der Waals surface area contributed by atoms with Crippen molar-refractivity contribution in [1.82, 2.24) is 9.88 Å². The van der Waals surface area contributed by atoms with Gasteiger partial charge in [-0.1, -0.05) is 29.3 Å². The third-order valence-electron chi connectivity index (χ3n) is 3.88. The average Bonchev–Trinajstić information content (AvgIpc) is 3.09. The lowest BCUT2D eigenvalue weighted by Gasteiger charge is -2.34. The first-order valence-corrected chi connectivity index (χ1v) is 9.26. The summed E-state index contributed by atoms with van der Waals surface area (Å²) >= 11 is 13.5. The SMILES string of the molecule is O=C(Nc1nccs1)N(Cc1ccc(Cl)c(Cl)c1)C1CCOCC1. The van der Waals surface area contributed by atoms with Crippen LogP contribution in [0.5, 0.6) is 0 Å². The molecule has 1 fully saturated rings. The molecule has 2 heterocycles. The molecule has 0 saturated carbocycles. The van der Waals surface area contributed by atoms with Crippen molar-refractivity contribution in [2.45, 2.75) is 25.4 Å². The maximum atomic E-state index is 12.7. The summed E-state index contributed by atoms with van der Waals surface area (Å²) in [5.74, 6) is 0. The number of ether oxygens (including phenoxy) is 1. The molecule has 0 atom stereocenters. The van der Waals surface area contributed by atoms with Crippen LogP contribution in [0.2, 0.25) is 10.0 Å². The second-order valence-electron chi connectivity index (χ2n) is 5.49. The molecule has 1 N–H and O–H groups in total. The highest BCUT2D eigenvalue weighted by molar-refractivity contribution is 7.13. The Kier molecular flexibility index (Phi) is 5.94. The Labute approximate surface area is 154 Å². The summed E-state index contributed by atoms with van der Waals surface area (Å²) in [6.45, 7) is 1.78. The van der Waals surface area contributed by atoms with Crippen molar-refractivity contribution in [2.75, 3.05) is 18.5 Å². The highest BCUT2D eigenvalue weighted by Crippen LogP contribution is 2.25. The number of rotatable bonds is 4. The average molecular weight is 386 g/mol. The number of anilines is 1. The van der Waals surface area contributed by atoms with Crippen molar-refractivity contribution < 1.29 is 9.53 Å². The standard InChI is InChI=1S/C16H17Cl2N3O2S/c17-13-2-1-11(9-14(13)18)10-21(12-3-6-23-7-4-12)16(22)20-15-19-5-8-24-15/h1-2,5,8-9,12H,3-4,6-7,10H2,(H,19,20,22). The largest absolute Gasteiger partial charge is 0.381 e. The predicted octanol–water partition coefficient (Wildman–Crippen LogP) is 4.66. The van der Waals surface area contributed by atoms with E-state index in [4.69, 9.17) is 27.9 Å². The van der Waals surface area contributed by atoms with Crippen LogP contribution in [0, 0.1) is 0 Å². The molecule has 24 heavy (non-hydrogen) atoms. The van der Waals surface area contributed by atoms with Gasteiger partial charge in [-0.05, 0) is 30.5 Å². The molecule has 0 spiro atoms. The molecule has 2 aromatic rings. The Morgan fingerprint density at radius 3 is 2.79 bits per heavy atom. The molecular weight excluding hydrogens is 369 g/mol. The first kappa shape index (κ1) is 17.5. The molecular formula is C16H17Cl2N3O2S. The fourth-order valence-corrected chi connectivity index (χ4v) is 3.49. The van der Waals surface area contributed by atoms with Gasteiger partial charge >= 0.3 is 6.03 Å². The summed E-state index contributed by atoms with van der Waals surface area (Å²) in [5.41, 5.74) is 0.935. The lowest BCUT2D eigenvalue weighted by molar-refractivity contribution is 0.0460. The predicted molar refractivity (Wildman–Crippen MR) is 97.0 cm³/mol. The van der Waals surface area contributed by atoms with Gasteiger partial charge in [0, 0.05) is 37.4 Å². The maximum absolute atomic E-state index is 12.7. The number of amides is 2. The number of nitrogens with zero attached hydrogens (tertiary/aromatic N) is 2. The van der Waals surface area contributed by atoms with Crippen molar-refractivity contribution in [1.29, 1.82) is 0 Å². The molecule has 1 aliphatic heterocycles. The second kappa shape index (κ2) is 8.16. The zero-order valence-electron chi connectivity index (χ0n) is 12.9. The number of hydrogen-bond acceptors (Lipinski definition) is 4. The monoisotopic (exact) mass is 385 g/mol. The molecule has 1 aromatic heterocycles. The summed E-state index contributed by atoms with van der Waals surface area (Å²) in [6.07, 6.45) is 3.29. The molecule has 1 saturated heterocycles. The lowest BCUT2D eigenvalue weighted by Crippen LogP contribution is -2.45. The topological polar surface area (TPSA) is 54.5 Å². The quantitative estimate of drug-likeness (QED) is 0.831. The van der Waals surface area contributed by atoms with Crippen LogP contribution in [0.3, 0.4) is 0 Å². The molecule has 0 bridgehead atoms. The Morgan fingerprint density at radius 1 is 1.33 bits per heavy atom. The van der Waals surface area contributed by atoms with Gasteiger partial charge in [-0.15, -0.1) is 11.3 Å². The number of carbonyl (C=O) groups excluding carboxylic acids is 1. The van der Waals surface area contributed by atoms with Crippen LogP contribution < -0.4 is 5.32 Å². The number of aromatic nitrogens is 1. The van der Waals surface area contributed by atoms with E-state index in [1.165, 1.54) is 11.3 Å². The Hall–Kier alpha value is -1.34. The molecule has 0 radical (unpaired) electrons. The highest BCUT2D eigenvalue weighted by atomic mass is 35.5. The second-order valence-corrected chi connectivity index (χ2v) is 7.20. The van der Waals surface area contributed by atoms with Crippen molar-refractivity contribution >= 4 is 45.7 Å². The lowest BCUT2D eigenvalue weighted by atomic mass is 10.1. The summed E-state index contributed by atoms with van der Waals surface area (Å²) in [6, 6.07) is 5.39. The minimum Gasteiger partial charge on any atom is -0.381 e. The first-order valence-electron chi connectivity index (χ1n) is 7.62. The molecule has 0 unspecified atom stereocenters. The number of hydrogen-bond donors (Lipinski definition) is 1. The van der Waals surface area contributed by atoms with Crippen molar-refractivity contribution in [3.05, 3.63) is 45.4 Å². The number of carbonyl (C=O) groups is 1.